The van der Waals surface area contributed by atoms with Gasteiger partial charge in [-0.05, 0) is 44.0 Å². The van der Waals surface area contributed by atoms with Crippen molar-refractivity contribution in [1.29, 1.82) is 0 Å². The number of hydrogen-bond donors (Lipinski definition) is 3. The Morgan fingerprint density at radius 1 is 1.22 bits per heavy atom. The van der Waals surface area contributed by atoms with Crippen LogP contribution in [0.2, 0.25) is 5.02 Å². The highest BCUT2D eigenvalue weighted by Gasteiger charge is 2.27. The lowest BCUT2D eigenvalue weighted by atomic mass is 10.0. The van der Waals surface area contributed by atoms with Crippen molar-refractivity contribution in [3.8, 4) is 11.5 Å². The number of aliphatic hydroxyl groups is 1. The fourth-order valence-corrected chi connectivity index (χ4v) is 4.52. The Morgan fingerprint density at radius 3 is 2.78 bits per heavy atom. The van der Waals surface area contributed by atoms with E-state index in [0.29, 0.717) is 46.9 Å². The van der Waals surface area contributed by atoms with E-state index in [-0.39, 0.29) is 28.5 Å². The summed E-state index contributed by atoms with van der Waals surface area (Å²) in [6.07, 6.45) is 3.79. The Morgan fingerprint density at radius 2 is 2.06 bits per heavy atom. The van der Waals surface area contributed by atoms with Gasteiger partial charge in [0.1, 0.15) is 35.1 Å². The number of carbonyl (C=O) groups excluding carboxylic acids is 1. The molecule has 3 N–H and O–H groups in total. The van der Waals surface area contributed by atoms with Crippen molar-refractivity contribution in [2.24, 2.45) is 0 Å². The summed E-state index contributed by atoms with van der Waals surface area (Å²) >= 11 is 6.46. The number of rotatable bonds is 7. The average molecular weight is 511 g/mol. The van der Waals surface area contributed by atoms with Crippen LogP contribution < -0.4 is 10.1 Å². The molecule has 2 aromatic heterocycles. The number of benzene rings is 2. The number of aliphatic hydroxyl groups excluding tert-OH is 1. The third-order valence-electron chi connectivity index (χ3n) is 6.12. The second kappa shape index (κ2) is 10.2. The molecule has 1 fully saturated rings. The fourth-order valence-electron chi connectivity index (χ4n) is 4.27. The molecule has 5 rings (SSSR count). The van der Waals surface area contributed by atoms with Crippen LogP contribution in [0, 0.1) is 5.82 Å². The zero-order valence-corrected chi connectivity index (χ0v) is 20.1. The van der Waals surface area contributed by atoms with Crippen LogP contribution in [0.4, 0.5) is 10.2 Å². The van der Waals surface area contributed by atoms with Gasteiger partial charge in [0.2, 0.25) is 0 Å². The highest BCUT2D eigenvalue weighted by molar-refractivity contribution is 6.35. The predicted octanol–water partition coefficient (Wildman–Crippen LogP) is 5.11. The first-order chi connectivity index (χ1) is 17.4. The number of fused-ring (bicyclic) bond motifs is 1. The van der Waals surface area contributed by atoms with Crippen molar-refractivity contribution in [2.75, 3.05) is 11.9 Å². The summed E-state index contributed by atoms with van der Waals surface area (Å²) in [5.41, 5.74) is 1.16. The minimum absolute atomic E-state index is 0.0289. The van der Waals surface area contributed by atoms with Crippen LogP contribution in [0.5, 0.6) is 11.5 Å². The molecule has 4 aromatic rings. The highest BCUT2D eigenvalue weighted by Crippen LogP contribution is 2.32. The summed E-state index contributed by atoms with van der Waals surface area (Å²) in [5, 5.41) is 13.9. The SMILES string of the molecule is C[C@@H](O)[C@@H]1CC[C@@H](Nc2ncnc3[nH]cc(C(=O)c4ccc(Oc5cccc(F)c5)cc4Cl)c23)CO1. The summed E-state index contributed by atoms with van der Waals surface area (Å²) in [6.45, 7) is 2.13. The molecule has 10 heteroatoms. The Kier molecular flexibility index (Phi) is 6.86. The summed E-state index contributed by atoms with van der Waals surface area (Å²) < 4.78 is 24.9. The van der Waals surface area contributed by atoms with Gasteiger partial charge in [0, 0.05) is 23.9 Å². The molecule has 0 aliphatic carbocycles. The van der Waals surface area contributed by atoms with E-state index in [1.807, 2.05) is 0 Å². The molecule has 0 unspecified atom stereocenters. The second-order valence-corrected chi connectivity index (χ2v) is 9.12. The number of anilines is 1. The maximum atomic E-state index is 13.5. The number of H-pyrrole nitrogens is 1. The van der Waals surface area contributed by atoms with Crippen LogP contribution in [0.1, 0.15) is 35.7 Å². The number of halogens is 2. The van der Waals surface area contributed by atoms with Crippen molar-refractivity contribution in [3.63, 3.8) is 0 Å². The fraction of sp³-hybridized carbons (Fsp3) is 0.269. The lowest BCUT2D eigenvalue weighted by molar-refractivity contribution is -0.0584. The largest absolute Gasteiger partial charge is 0.457 e. The number of aromatic amines is 1. The summed E-state index contributed by atoms with van der Waals surface area (Å²) in [6, 6.07) is 10.4. The van der Waals surface area contributed by atoms with Crippen LogP contribution in [0.25, 0.3) is 11.0 Å². The monoisotopic (exact) mass is 510 g/mol. The van der Waals surface area contributed by atoms with Gasteiger partial charge < -0.3 is 24.9 Å². The van der Waals surface area contributed by atoms with Gasteiger partial charge in [0.15, 0.2) is 5.78 Å². The first-order valence-electron chi connectivity index (χ1n) is 11.5. The number of nitrogens with one attached hydrogen (secondary N) is 2. The standard InChI is InChI=1S/C26H24ClFN4O4/c1-14(33)22-8-5-16(12-35-22)32-26-23-20(11-29-25(23)30-13-31-26)24(34)19-7-6-18(10-21(19)27)36-17-4-2-3-15(28)9-17/h2-4,6-7,9-11,13-14,16,22,33H,5,8,12H2,1H3,(H2,29,30,31,32)/t14-,16-,22+/m1/s1. The Balaban J connectivity index is 1.38. The number of hydrogen-bond acceptors (Lipinski definition) is 7. The van der Waals surface area contributed by atoms with E-state index in [1.165, 1.54) is 24.5 Å². The van der Waals surface area contributed by atoms with Crippen LogP contribution in [-0.4, -0.2) is 50.7 Å². The van der Waals surface area contributed by atoms with Crippen molar-refractivity contribution in [1.82, 2.24) is 15.0 Å². The molecule has 3 atom stereocenters. The zero-order valence-electron chi connectivity index (χ0n) is 19.4. The van der Waals surface area contributed by atoms with Crippen LogP contribution >= 0.6 is 11.6 Å². The second-order valence-electron chi connectivity index (χ2n) is 8.71. The minimum Gasteiger partial charge on any atom is -0.457 e. The molecule has 36 heavy (non-hydrogen) atoms. The third kappa shape index (κ3) is 5.04. The zero-order chi connectivity index (χ0) is 25.2. The quantitative estimate of drug-likeness (QED) is 0.296. The normalized spacial score (nSPS) is 18.7. The van der Waals surface area contributed by atoms with E-state index in [0.717, 1.165) is 6.42 Å². The Labute approximate surface area is 211 Å². The molecule has 0 amide bonds. The van der Waals surface area contributed by atoms with Gasteiger partial charge in [0.05, 0.1) is 40.8 Å². The molecule has 2 aromatic carbocycles. The van der Waals surface area contributed by atoms with Crippen molar-refractivity contribution >= 4 is 34.2 Å². The lowest BCUT2D eigenvalue weighted by Gasteiger charge is -2.31. The van der Waals surface area contributed by atoms with Gasteiger partial charge in [0.25, 0.3) is 0 Å². The van der Waals surface area contributed by atoms with Gasteiger partial charge in [-0.15, -0.1) is 0 Å². The molecule has 0 saturated carbocycles. The summed E-state index contributed by atoms with van der Waals surface area (Å²) in [4.78, 5) is 25.1. The van der Waals surface area contributed by atoms with Crippen LogP contribution in [-0.2, 0) is 4.74 Å². The molecular weight excluding hydrogens is 487 g/mol. The van der Waals surface area contributed by atoms with E-state index in [4.69, 9.17) is 21.1 Å². The molecule has 0 spiro atoms. The molecule has 1 aliphatic rings. The van der Waals surface area contributed by atoms with E-state index >= 15 is 0 Å². The molecule has 0 bridgehead atoms. The molecule has 0 radical (unpaired) electrons. The van der Waals surface area contributed by atoms with E-state index in [9.17, 15) is 14.3 Å². The number of aromatic nitrogens is 3. The van der Waals surface area contributed by atoms with Crippen molar-refractivity contribution in [3.05, 3.63) is 77.0 Å². The predicted molar refractivity (Wildman–Crippen MR) is 133 cm³/mol. The maximum Gasteiger partial charge on any atom is 0.196 e. The number of carbonyl (C=O) groups is 1. The van der Waals surface area contributed by atoms with Gasteiger partial charge in [-0.2, -0.15) is 0 Å². The average Bonchev–Trinajstić information content (AvgIpc) is 3.29. The van der Waals surface area contributed by atoms with Gasteiger partial charge in [-0.3, -0.25) is 4.79 Å². The maximum absolute atomic E-state index is 13.5. The summed E-state index contributed by atoms with van der Waals surface area (Å²) in [5.74, 6) is 0.478. The van der Waals surface area contributed by atoms with E-state index in [2.05, 4.69) is 20.3 Å². The first kappa shape index (κ1) is 24.2. The highest BCUT2D eigenvalue weighted by atomic mass is 35.5. The summed E-state index contributed by atoms with van der Waals surface area (Å²) in [7, 11) is 0. The van der Waals surface area contributed by atoms with Gasteiger partial charge >= 0.3 is 0 Å². The van der Waals surface area contributed by atoms with Gasteiger partial charge in [-0.25, -0.2) is 14.4 Å². The first-order valence-corrected chi connectivity index (χ1v) is 11.9. The van der Waals surface area contributed by atoms with Crippen molar-refractivity contribution in [2.45, 2.75) is 38.0 Å². The molecule has 3 heterocycles. The lowest BCUT2D eigenvalue weighted by Crippen LogP contribution is -2.39. The van der Waals surface area contributed by atoms with Crippen LogP contribution in [0.15, 0.2) is 55.0 Å². The topological polar surface area (TPSA) is 109 Å². The van der Waals surface area contributed by atoms with E-state index in [1.54, 1.807) is 37.4 Å². The van der Waals surface area contributed by atoms with Gasteiger partial charge in [-0.1, -0.05) is 17.7 Å². The van der Waals surface area contributed by atoms with E-state index < -0.39 is 11.9 Å². The number of ether oxygens (including phenoxy) is 2. The molecule has 8 nitrogen and oxygen atoms in total. The number of nitrogens with zero attached hydrogens (tertiary/aromatic N) is 2. The molecule has 186 valence electrons. The minimum atomic E-state index is -0.527. The smallest absolute Gasteiger partial charge is 0.196 e. The Hall–Kier alpha value is -3.53. The molecule has 1 saturated heterocycles. The molecular formula is C26H24ClFN4O4. The number of ketones is 1. The molecule has 1 aliphatic heterocycles. The third-order valence-corrected chi connectivity index (χ3v) is 6.43. The Bertz CT molecular complexity index is 1400. The van der Waals surface area contributed by atoms with Crippen molar-refractivity contribution < 1.29 is 23.8 Å². The van der Waals surface area contributed by atoms with Crippen LogP contribution in [0.3, 0.4) is 0 Å².